The van der Waals surface area contributed by atoms with Crippen molar-refractivity contribution < 1.29 is 18.7 Å². The Bertz CT molecular complexity index is 1050. The molecule has 2 amide bonds. The van der Waals surface area contributed by atoms with Crippen LogP contribution < -0.4 is 15.4 Å². The van der Waals surface area contributed by atoms with E-state index in [4.69, 9.17) is 4.74 Å². The number of ether oxygens (including phenoxy) is 1. The summed E-state index contributed by atoms with van der Waals surface area (Å²) in [6.07, 6.45) is -0.718. The van der Waals surface area contributed by atoms with Gasteiger partial charge in [-0.05, 0) is 80.9 Å². The monoisotopic (exact) mass is 406 g/mol. The highest BCUT2D eigenvalue weighted by molar-refractivity contribution is 6.04. The maximum Gasteiger partial charge on any atom is 0.265 e. The molecule has 2 N–H and O–H groups in total. The van der Waals surface area contributed by atoms with Crippen molar-refractivity contribution in [1.82, 2.24) is 0 Å². The molecule has 1 atom stereocenters. The fraction of sp³-hybridized carbons (Fsp3) is 0.167. The molecule has 0 aliphatic rings. The van der Waals surface area contributed by atoms with Gasteiger partial charge >= 0.3 is 0 Å². The SMILES string of the molecule is Cc1ccc(NC(=O)[C@H](C)Oc2ccc(C(=O)Nc3ccc(F)cc3)cc2)c(C)c1. The Labute approximate surface area is 174 Å². The largest absolute Gasteiger partial charge is 0.481 e. The minimum Gasteiger partial charge on any atom is -0.481 e. The topological polar surface area (TPSA) is 67.4 Å². The molecule has 6 heteroatoms. The Balaban J connectivity index is 1.58. The molecule has 0 saturated carbocycles. The van der Waals surface area contributed by atoms with Gasteiger partial charge in [0, 0.05) is 16.9 Å². The second kappa shape index (κ2) is 9.22. The smallest absolute Gasteiger partial charge is 0.265 e. The van der Waals surface area contributed by atoms with Crippen LogP contribution in [-0.4, -0.2) is 17.9 Å². The van der Waals surface area contributed by atoms with Crippen LogP contribution in [0.15, 0.2) is 66.7 Å². The molecule has 3 aromatic carbocycles. The fourth-order valence-corrected chi connectivity index (χ4v) is 2.87. The maximum absolute atomic E-state index is 13.0. The zero-order chi connectivity index (χ0) is 21.7. The van der Waals surface area contributed by atoms with Crippen LogP contribution in [0.25, 0.3) is 0 Å². The molecule has 0 radical (unpaired) electrons. The molecule has 0 unspecified atom stereocenters. The first-order valence-corrected chi connectivity index (χ1v) is 9.53. The number of nitrogens with one attached hydrogen (secondary N) is 2. The second-order valence-electron chi connectivity index (χ2n) is 7.05. The van der Waals surface area contributed by atoms with Crippen LogP contribution >= 0.6 is 0 Å². The van der Waals surface area contributed by atoms with E-state index in [1.165, 1.54) is 24.3 Å². The van der Waals surface area contributed by atoms with Crippen LogP contribution in [0.3, 0.4) is 0 Å². The summed E-state index contributed by atoms with van der Waals surface area (Å²) in [5.41, 5.74) is 3.76. The third-order valence-corrected chi connectivity index (χ3v) is 4.54. The molecular formula is C24H23FN2O3. The molecule has 0 aliphatic carbocycles. The Morgan fingerprint density at radius 3 is 2.20 bits per heavy atom. The number of anilines is 2. The van der Waals surface area contributed by atoms with Gasteiger partial charge in [-0.15, -0.1) is 0 Å². The minimum absolute atomic E-state index is 0.264. The summed E-state index contributed by atoms with van der Waals surface area (Å²) in [5, 5.41) is 5.55. The molecule has 3 rings (SSSR count). The number of carbonyl (C=O) groups excluding carboxylic acids is 2. The van der Waals surface area contributed by atoms with Crippen molar-refractivity contribution in [2.24, 2.45) is 0 Å². The van der Waals surface area contributed by atoms with Crippen LogP contribution in [0.2, 0.25) is 0 Å². The van der Waals surface area contributed by atoms with E-state index < -0.39 is 6.10 Å². The van der Waals surface area contributed by atoms with E-state index in [0.29, 0.717) is 17.0 Å². The molecule has 0 heterocycles. The zero-order valence-electron chi connectivity index (χ0n) is 17.0. The number of hydrogen-bond acceptors (Lipinski definition) is 3. The van der Waals surface area contributed by atoms with Crippen molar-refractivity contribution in [3.63, 3.8) is 0 Å². The summed E-state index contributed by atoms with van der Waals surface area (Å²) < 4.78 is 18.6. The van der Waals surface area contributed by atoms with E-state index >= 15 is 0 Å². The summed E-state index contributed by atoms with van der Waals surface area (Å²) in [6.45, 7) is 5.59. The lowest BCUT2D eigenvalue weighted by Crippen LogP contribution is -2.30. The molecule has 0 spiro atoms. The Kier molecular flexibility index (Phi) is 6.47. The molecule has 154 valence electrons. The predicted molar refractivity (Wildman–Crippen MR) is 115 cm³/mol. The van der Waals surface area contributed by atoms with Gasteiger partial charge < -0.3 is 15.4 Å². The summed E-state index contributed by atoms with van der Waals surface area (Å²) in [7, 11) is 0. The Morgan fingerprint density at radius 1 is 0.900 bits per heavy atom. The van der Waals surface area contributed by atoms with Crippen LogP contribution in [0, 0.1) is 19.7 Å². The summed E-state index contributed by atoms with van der Waals surface area (Å²) >= 11 is 0. The lowest BCUT2D eigenvalue weighted by molar-refractivity contribution is -0.122. The average molecular weight is 406 g/mol. The number of amides is 2. The maximum atomic E-state index is 13.0. The molecule has 5 nitrogen and oxygen atoms in total. The number of benzene rings is 3. The predicted octanol–water partition coefficient (Wildman–Crippen LogP) is 5.10. The molecular weight excluding hydrogens is 383 g/mol. The van der Waals surface area contributed by atoms with E-state index in [0.717, 1.165) is 16.8 Å². The van der Waals surface area contributed by atoms with Gasteiger partial charge in [-0.25, -0.2) is 4.39 Å². The molecule has 0 aliphatic heterocycles. The van der Waals surface area contributed by atoms with Crippen molar-refractivity contribution in [2.75, 3.05) is 10.6 Å². The summed E-state index contributed by atoms with van der Waals surface area (Å²) in [6, 6.07) is 17.8. The molecule has 0 saturated heterocycles. The zero-order valence-corrected chi connectivity index (χ0v) is 17.0. The summed E-state index contributed by atoms with van der Waals surface area (Å²) in [4.78, 5) is 24.7. The first kappa shape index (κ1) is 21.0. The standard InChI is InChI=1S/C24H23FN2O3/c1-15-4-13-22(16(2)14-15)27-23(28)17(3)30-21-11-5-18(6-12-21)24(29)26-20-9-7-19(25)8-10-20/h4-14,17H,1-3H3,(H,26,29)(H,27,28)/t17-/m0/s1. The molecule has 0 aromatic heterocycles. The van der Waals surface area contributed by atoms with Crippen molar-refractivity contribution >= 4 is 23.2 Å². The van der Waals surface area contributed by atoms with E-state index in [9.17, 15) is 14.0 Å². The third kappa shape index (κ3) is 5.44. The number of carbonyl (C=O) groups is 2. The Morgan fingerprint density at radius 2 is 1.57 bits per heavy atom. The Hall–Kier alpha value is -3.67. The van der Waals surface area contributed by atoms with Gasteiger partial charge in [0.25, 0.3) is 11.8 Å². The molecule has 3 aromatic rings. The normalized spacial score (nSPS) is 11.5. The van der Waals surface area contributed by atoms with Crippen LogP contribution in [0.5, 0.6) is 5.75 Å². The molecule has 30 heavy (non-hydrogen) atoms. The lowest BCUT2D eigenvalue weighted by Gasteiger charge is -2.16. The van der Waals surface area contributed by atoms with Crippen LogP contribution in [-0.2, 0) is 4.79 Å². The van der Waals surface area contributed by atoms with Crippen molar-refractivity contribution in [1.29, 1.82) is 0 Å². The third-order valence-electron chi connectivity index (χ3n) is 4.54. The summed E-state index contributed by atoms with van der Waals surface area (Å²) in [5.74, 6) is -0.490. The second-order valence-corrected chi connectivity index (χ2v) is 7.05. The van der Waals surface area contributed by atoms with Gasteiger partial charge in [-0.3, -0.25) is 9.59 Å². The van der Waals surface area contributed by atoms with Gasteiger partial charge in [0.05, 0.1) is 0 Å². The van der Waals surface area contributed by atoms with Crippen molar-refractivity contribution in [3.05, 3.63) is 89.2 Å². The van der Waals surface area contributed by atoms with E-state index in [-0.39, 0.29) is 17.6 Å². The van der Waals surface area contributed by atoms with Gasteiger partial charge in [0.1, 0.15) is 11.6 Å². The van der Waals surface area contributed by atoms with E-state index in [1.807, 2.05) is 32.0 Å². The molecule has 0 bridgehead atoms. The highest BCUT2D eigenvalue weighted by Gasteiger charge is 2.16. The van der Waals surface area contributed by atoms with Crippen LogP contribution in [0.4, 0.5) is 15.8 Å². The average Bonchev–Trinajstić information content (AvgIpc) is 2.72. The fourth-order valence-electron chi connectivity index (χ4n) is 2.87. The lowest BCUT2D eigenvalue weighted by atomic mass is 10.1. The first-order chi connectivity index (χ1) is 14.3. The van der Waals surface area contributed by atoms with Crippen molar-refractivity contribution in [2.45, 2.75) is 26.9 Å². The van der Waals surface area contributed by atoms with Gasteiger partial charge in [-0.1, -0.05) is 17.7 Å². The highest BCUT2D eigenvalue weighted by atomic mass is 19.1. The van der Waals surface area contributed by atoms with Crippen molar-refractivity contribution in [3.8, 4) is 5.75 Å². The first-order valence-electron chi connectivity index (χ1n) is 9.53. The highest BCUT2D eigenvalue weighted by Crippen LogP contribution is 2.19. The minimum atomic E-state index is -0.718. The number of rotatable bonds is 6. The quantitative estimate of drug-likeness (QED) is 0.598. The van der Waals surface area contributed by atoms with Gasteiger partial charge in [0.15, 0.2) is 6.10 Å². The van der Waals surface area contributed by atoms with Gasteiger partial charge in [-0.2, -0.15) is 0 Å². The molecule has 0 fully saturated rings. The van der Waals surface area contributed by atoms with Crippen LogP contribution in [0.1, 0.15) is 28.4 Å². The number of hydrogen-bond donors (Lipinski definition) is 2. The van der Waals surface area contributed by atoms with Gasteiger partial charge in [0.2, 0.25) is 0 Å². The van der Waals surface area contributed by atoms with E-state index in [2.05, 4.69) is 10.6 Å². The number of aryl methyl sites for hydroxylation is 2. The number of halogens is 1. The van der Waals surface area contributed by atoms with E-state index in [1.54, 1.807) is 31.2 Å².